The van der Waals surface area contributed by atoms with Crippen LogP contribution in [0.15, 0.2) is 35.2 Å². The maximum absolute atomic E-state index is 11.1. The third kappa shape index (κ3) is 8.67. The van der Waals surface area contributed by atoms with E-state index in [-0.39, 0.29) is 17.8 Å². The van der Waals surface area contributed by atoms with Crippen LogP contribution in [0.3, 0.4) is 0 Å². The number of carbonyl (C=O) groups is 1. The van der Waals surface area contributed by atoms with E-state index in [2.05, 4.69) is 4.74 Å². The van der Waals surface area contributed by atoms with Crippen molar-refractivity contribution >= 4 is 17.7 Å². The molecule has 0 radical (unpaired) electrons. The molecular formula is C23H36O5S. The second kappa shape index (κ2) is 13.3. The number of carbonyl (C=O) groups excluding carboxylic acids is 1. The van der Waals surface area contributed by atoms with Gasteiger partial charge in [-0.05, 0) is 56.1 Å². The van der Waals surface area contributed by atoms with E-state index < -0.39 is 18.3 Å². The Bertz CT molecular complexity index is 582. The van der Waals surface area contributed by atoms with Gasteiger partial charge in [-0.3, -0.25) is 4.79 Å². The summed E-state index contributed by atoms with van der Waals surface area (Å²) in [4.78, 5) is 12.3. The number of aliphatic hydroxyl groups excluding tert-OH is 3. The highest BCUT2D eigenvalue weighted by Gasteiger charge is 2.40. The first-order chi connectivity index (χ1) is 14.0. The lowest BCUT2D eigenvalue weighted by molar-refractivity contribution is -0.140. The highest BCUT2D eigenvalue weighted by molar-refractivity contribution is 7.99. The Morgan fingerprint density at radius 3 is 2.41 bits per heavy atom. The van der Waals surface area contributed by atoms with E-state index in [9.17, 15) is 20.1 Å². The lowest BCUT2D eigenvalue weighted by Crippen LogP contribution is -2.24. The fourth-order valence-electron chi connectivity index (χ4n) is 4.26. The number of methoxy groups -OCH3 is 1. The quantitative estimate of drug-likeness (QED) is 0.254. The van der Waals surface area contributed by atoms with Crippen molar-refractivity contribution in [2.75, 3.05) is 12.9 Å². The minimum absolute atomic E-state index is 0.0523. The van der Waals surface area contributed by atoms with Gasteiger partial charge < -0.3 is 20.1 Å². The molecule has 6 heteroatoms. The minimum atomic E-state index is -0.483. The molecular weight excluding hydrogens is 388 g/mol. The van der Waals surface area contributed by atoms with Crippen molar-refractivity contribution in [2.45, 2.75) is 81.0 Å². The number of thioether (sulfide) groups is 1. The van der Waals surface area contributed by atoms with Crippen LogP contribution in [-0.2, 0) is 9.53 Å². The SMILES string of the molecule is COC(=O)CCCCCC[C@@H]1[C@@H](CCC(O)CSc2ccccc2)[C@H](O)C[C@@H]1O. The van der Waals surface area contributed by atoms with Gasteiger partial charge in [0, 0.05) is 17.1 Å². The number of aliphatic hydroxyl groups is 3. The molecule has 2 rings (SSSR count). The Hall–Kier alpha value is -1.08. The van der Waals surface area contributed by atoms with Gasteiger partial charge in [0.15, 0.2) is 0 Å². The molecule has 0 spiro atoms. The van der Waals surface area contributed by atoms with Crippen molar-refractivity contribution in [1.82, 2.24) is 0 Å². The molecule has 1 fully saturated rings. The van der Waals surface area contributed by atoms with E-state index in [0.29, 0.717) is 25.0 Å². The van der Waals surface area contributed by atoms with Gasteiger partial charge in [0.25, 0.3) is 0 Å². The van der Waals surface area contributed by atoms with Crippen LogP contribution in [0.5, 0.6) is 0 Å². The van der Waals surface area contributed by atoms with Crippen LogP contribution in [0, 0.1) is 11.8 Å². The van der Waals surface area contributed by atoms with E-state index in [0.717, 1.165) is 43.4 Å². The topological polar surface area (TPSA) is 87.0 Å². The van der Waals surface area contributed by atoms with Crippen molar-refractivity contribution in [3.63, 3.8) is 0 Å². The van der Waals surface area contributed by atoms with Gasteiger partial charge in [0.1, 0.15) is 0 Å². The third-order valence-electron chi connectivity index (χ3n) is 5.94. The minimum Gasteiger partial charge on any atom is -0.469 e. The third-order valence-corrected chi connectivity index (χ3v) is 7.09. The molecule has 29 heavy (non-hydrogen) atoms. The molecule has 0 saturated heterocycles. The molecule has 0 aromatic heterocycles. The molecule has 1 aliphatic carbocycles. The molecule has 1 aromatic carbocycles. The van der Waals surface area contributed by atoms with Gasteiger partial charge in [-0.2, -0.15) is 0 Å². The predicted octanol–water partition coefficient (Wildman–Crippen LogP) is 3.79. The zero-order valence-electron chi connectivity index (χ0n) is 17.4. The average Bonchev–Trinajstić information content (AvgIpc) is 3.00. The van der Waals surface area contributed by atoms with Crippen LogP contribution in [0.25, 0.3) is 0 Å². The van der Waals surface area contributed by atoms with Crippen LogP contribution < -0.4 is 0 Å². The number of hydrogen-bond acceptors (Lipinski definition) is 6. The summed E-state index contributed by atoms with van der Waals surface area (Å²) in [6.07, 6.45) is 5.61. The Morgan fingerprint density at radius 1 is 1.07 bits per heavy atom. The van der Waals surface area contributed by atoms with Gasteiger partial charge in [-0.1, -0.05) is 37.5 Å². The monoisotopic (exact) mass is 424 g/mol. The van der Waals surface area contributed by atoms with Crippen LogP contribution >= 0.6 is 11.8 Å². The Kier molecular flexibility index (Phi) is 11.1. The van der Waals surface area contributed by atoms with Crippen LogP contribution in [0.4, 0.5) is 0 Å². The van der Waals surface area contributed by atoms with Crippen LogP contribution in [0.1, 0.15) is 57.8 Å². The summed E-state index contributed by atoms with van der Waals surface area (Å²) < 4.78 is 4.64. The van der Waals surface area contributed by atoms with Gasteiger partial charge >= 0.3 is 5.97 Å². The van der Waals surface area contributed by atoms with Crippen molar-refractivity contribution < 1.29 is 24.9 Å². The summed E-state index contributed by atoms with van der Waals surface area (Å²) in [6, 6.07) is 10.0. The largest absolute Gasteiger partial charge is 0.469 e. The maximum Gasteiger partial charge on any atom is 0.305 e. The van der Waals surface area contributed by atoms with Gasteiger partial charge in [-0.25, -0.2) is 0 Å². The molecule has 1 saturated carbocycles. The van der Waals surface area contributed by atoms with Crippen molar-refractivity contribution in [1.29, 1.82) is 0 Å². The predicted molar refractivity (Wildman–Crippen MR) is 116 cm³/mol. The van der Waals surface area contributed by atoms with E-state index in [1.54, 1.807) is 11.8 Å². The first-order valence-corrected chi connectivity index (χ1v) is 11.8. The molecule has 1 unspecified atom stereocenters. The number of rotatable bonds is 13. The highest BCUT2D eigenvalue weighted by Crippen LogP contribution is 2.39. The summed E-state index contributed by atoms with van der Waals surface area (Å²) in [5, 5.41) is 31.1. The maximum atomic E-state index is 11.1. The van der Waals surface area contributed by atoms with Crippen LogP contribution in [-0.4, -0.2) is 52.5 Å². The lowest BCUT2D eigenvalue weighted by Gasteiger charge is -2.24. The second-order valence-corrected chi connectivity index (χ2v) is 9.18. The summed E-state index contributed by atoms with van der Waals surface area (Å²) >= 11 is 1.64. The number of benzene rings is 1. The molecule has 0 bridgehead atoms. The molecule has 5 nitrogen and oxygen atoms in total. The van der Waals surface area contributed by atoms with Crippen molar-refractivity contribution in [3.05, 3.63) is 30.3 Å². The molecule has 164 valence electrons. The fraction of sp³-hybridized carbons (Fsp3) is 0.696. The molecule has 0 heterocycles. The summed E-state index contributed by atoms with van der Waals surface area (Å²) in [5.74, 6) is 0.625. The number of ether oxygens (including phenoxy) is 1. The zero-order valence-corrected chi connectivity index (χ0v) is 18.2. The molecule has 1 aromatic rings. The molecule has 0 aliphatic heterocycles. The number of hydrogen-bond donors (Lipinski definition) is 3. The molecule has 0 amide bonds. The van der Waals surface area contributed by atoms with Gasteiger partial charge in [-0.15, -0.1) is 11.8 Å². The Morgan fingerprint density at radius 2 is 1.72 bits per heavy atom. The van der Waals surface area contributed by atoms with Gasteiger partial charge in [0.2, 0.25) is 0 Å². The summed E-state index contributed by atoms with van der Waals surface area (Å²) in [5.41, 5.74) is 0. The normalized spacial score (nSPS) is 25.1. The average molecular weight is 425 g/mol. The summed E-state index contributed by atoms with van der Waals surface area (Å²) in [6.45, 7) is 0. The van der Waals surface area contributed by atoms with E-state index in [4.69, 9.17) is 0 Å². The first kappa shape index (κ1) is 24.2. The zero-order chi connectivity index (χ0) is 21.1. The fourth-order valence-corrected chi connectivity index (χ4v) is 5.16. The smallest absolute Gasteiger partial charge is 0.305 e. The molecule has 5 atom stereocenters. The van der Waals surface area contributed by atoms with Crippen molar-refractivity contribution in [2.24, 2.45) is 11.8 Å². The molecule has 1 aliphatic rings. The Balaban J connectivity index is 1.67. The van der Waals surface area contributed by atoms with Crippen molar-refractivity contribution in [3.8, 4) is 0 Å². The standard InChI is InChI=1S/C23H36O5S/c1-28-23(27)12-8-3-2-7-11-19-20(22(26)15-21(19)25)14-13-17(24)16-29-18-9-5-4-6-10-18/h4-6,9-10,17,19-22,24-26H,2-3,7-8,11-16H2,1H3/t17?,19-,20-,21+,22-/m1/s1. The van der Waals surface area contributed by atoms with E-state index in [1.807, 2.05) is 30.3 Å². The lowest BCUT2D eigenvalue weighted by atomic mass is 9.85. The number of unbranched alkanes of at least 4 members (excludes halogenated alkanes) is 3. The Labute approximate surface area is 178 Å². The first-order valence-electron chi connectivity index (χ1n) is 10.8. The van der Waals surface area contributed by atoms with Gasteiger partial charge in [0.05, 0.1) is 25.4 Å². The number of esters is 1. The van der Waals surface area contributed by atoms with Crippen LogP contribution in [0.2, 0.25) is 0 Å². The van der Waals surface area contributed by atoms with E-state index >= 15 is 0 Å². The second-order valence-electron chi connectivity index (χ2n) is 8.08. The molecule has 3 N–H and O–H groups in total. The summed E-state index contributed by atoms with van der Waals surface area (Å²) in [7, 11) is 1.41. The highest BCUT2D eigenvalue weighted by atomic mass is 32.2. The van der Waals surface area contributed by atoms with E-state index in [1.165, 1.54) is 7.11 Å².